The van der Waals surface area contributed by atoms with Crippen LogP contribution in [0.5, 0.6) is 5.75 Å². The lowest BCUT2D eigenvalue weighted by molar-refractivity contribution is -0.142. The fraction of sp³-hybridized carbons (Fsp3) is 0.547. The Kier molecular flexibility index (Phi) is 30.2. The zero-order chi connectivity index (χ0) is 70.2. The summed E-state index contributed by atoms with van der Waals surface area (Å²) in [6.07, 6.45) is -2.81. The summed E-state index contributed by atoms with van der Waals surface area (Å²) in [5, 5.41) is 33.0. The number of halogens is 5. The first-order valence-corrected chi connectivity index (χ1v) is 31.8. The summed E-state index contributed by atoms with van der Waals surface area (Å²) >= 11 is 0. The minimum absolute atomic E-state index is 0.0286. The summed E-state index contributed by atoms with van der Waals surface area (Å²) in [5.41, 5.74) is 22.4. The van der Waals surface area contributed by atoms with Crippen LogP contribution in [0.4, 0.5) is 22.0 Å². The van der Waals surface area contributed by atoms with E-state index >= 15 is 13.6 Å². The number of unbranched alkanes of at least 4 members (excludes halogenated alkanes) is 2. The number of rotatable bonds is 22. The van der Waals surface area contributed by atoms with E-state index in [-0.39, 0.29) is 115 Å². The Labute approximate surface area is 547 Å². The van der Waals surface area contributed by atoms with E-state index in [2.05, 4.69) is 47.9 Å². The molecule has 95 heavy (non-hydrogen) atoms. The van der Waals surface area contributed by atoms with Gasteiger partial charge in [0.1, 0.15) is 66.2 Å². The van der Waals surface area contributed by atoms with Crippen LogP contribution in [0, 0.1) is 40.9 Å². The molecule has 5 rings (SSSR count). The summed E-state index contributed by atoms with van der Waals surface area (Å²) in [5.74, 6) is -25.0. The SMILES string of the molecule is CC(C)C[C@@H]1NC(=O)[C@H](CCCN)NC(=O)[C@H](C(C)C)NC(=O)[C@H](Cc2ccc(O)cc2)NC(=O)[C@H](CCCCN)NC(=O)[C@H](CC(N)=O)NC(=O)[C@@H](CCCCN)NC(=O)[C@H](Cc2c(F)c(F)c(F)c(F)c2F)NC(=O)[C@@H]2CCCN2C(=O)[C@@H](Cc2ccccc2)NC1=O. The average molecular weight is 1340 g/mol. The number of nitrogens with two attached hydrogens (primary N) is 4. The number of phenolic OH excluding ortho intramolecular Hbond substituents is 1. The average Bonchev–Trinajstić information content (AvgIpc) is 1.50. The van der Waals surface area contributed by atoms with Gasteiger partial charge in [-0.2, -0.15) is 0 Å². The number of amides is 11. The van der Waals surface area contributed by atoms with Gasteiger partial charge < -0.3 is 80.8 Å². The minimum atomic E-state index is -2.54. The molecular weight excluding hydrogens is 1250 g/mol. The summed E-state index contributed by atoms with van der Waals surface area (Å²) in [4.78, 5) is 160. The van der Waals surface area contributed by atoms with Crippen LogP contribution >= 0.6 is 0 Å². The molecule has 0 aromatic heterocycles. The maximum Gasteiger partial charge on any atom is 0.246 e. The number of phenols is 1. The molecule has 2 fully saturated rings. The van der Waals surface area contributed by atoms with E-state index in [4.69, 9.17) is 22.9 Å². The molecular formula is C64H89F5N14O12. The fourth-order valence-corrected chi connectivity index (χ4v) is 11.1. The zero-order valence-corrected chi connectivity index (χ0v) is 53.6. The molecule has 2 saturated heterocycles. The predicted octanol–water partition coefficient (Wildman–Crippen LogP) is 0.0578. The van der Waals surface area contributed by atoms with Gasteiger partial charge in [0.25, 0.3) is 0 Å². The largest absolute Gasteiger partial charge is 0.508 e. The van der Waals surface area contributed by atoms with E-state index in [9.17, 15) is 66.2 Å². The zero-order valence-electron chi connectivity index (χ0n) is 53.6. The molecule has 2 aliphatic heterocycles. The maximum atomic E-state index is 15.6. The lowest BCUT2D eigenvalue weighted by atomic mass is 9.98. The third-order valence-corrected chi connectivity index (χ3v) is 16.2. The van der Waals surface area contributed by atoms with Crippen LogP contribution < -0.4 is 70.8 Å². The van der Waals surface area contributed by atoms with Gasteiger partial charge in [0.05, 0.1) is 6.42 Å². The van der Waals surface area contributed by atoms with Crippen molar-refractivity contribution in [2.75, 3.05) is 26.2 Å². The number of hydrogen-bond acceptors (Lipinski definition) is 15. The molecule has 0 aliphatic carbocycles. The second-order valence-corrected chi connectivity index (χ2v) is 24.5. The quantitative estimate of drug-likeness (QED) is 0.0274. The summed E-state index contributed by atoms with van der Waals surface area (Å²) in [6, 6.07) is -2.74. The highest BCUT2D eigenvalue weighted by atomic mass is 19.2. The second-order valence-electron chi connectivity index (χ2n) is 24.5. The van der Waals surface area contributed by atoms with Crippen LogP contribution in [0.25, 0.3) is 0 Å². The topological polar surface area (TPSA) is 424 Å². The normalized spacial score (nSPS) is 23.7. The molecule has 0 saturated carbocycles. The molecule has 0 radical (unpaired) electrons. The van der Waals surface area contributed by atoms with Gasteiger partial charge in [-0.15, -0.1) is 0 Å². The van der Waals surface area contributed by atoms with E-state index < -0.39 is 179 Å². The van der Waals surface area contributed by atoms with Gasteiger partial charge in [0.2, 0.25) is 70.8 Å². The van der Waals surface area contributed by atoms with Gasteiger partial charge in [-0.25, -0.2) is 22.0 Å². The van der Waals surface area contributed by atoms with E-state index in [1.54, 1.807) is 58.0 Å². The number of nitrogens with one attached hydrogen (secondary N) is 9. The third kappa shape index (κ3) is 22.7. The number of carbonyl (C=O) groups excluding carboxylic acids is 11. The Morgan fingerprint density at radius 3 is 1.42 bits per heavy atom. The van der Waals surface area contributed by atoms with Crippen LogP contribution in [0.1, 0.15) is 121 Å². The number of aromatic hydroxyl groups is 1. The van der Waals surface area contributed by atoms with Crippen molar-refractivity contribution in [3.8, 4) is 5.75 Å². The number of carbonyl (C=O) groups is 11. The summed E-state index contributed by atoms with van der Waals surface area (Å²) < 4.78 is 75.5. The third-order valence-electron chi connectivity index (χ3n) is 16.2. The van der Waals surface area contributed by atoms with Crippen LogP contribution in [0.3, 0.4) is 0 Å². The van der Waals surface area contributed by atoms with Crippen molar-refractivity contribution in [1.29, 1.82) is 0 Å². The van der Waals surface area contributed by atoms with E-state index in [0.717, 1.165) is 4.90 Å². The van der Waals surface area contributed by atoms with E-state index in [1.165, 1.54) is 24.3 Å². The number of hydrogen-bond donors (Lipinski definition) is 14. The van der Waals surface area contributed by atoms with E-state index in [1.807, 2.05) is 0 Å². The first kappa shape index (κ1) is 76.9. The van der Waals surface area contributed by atoms with Crippen molar-refractivity contribution >= 4 is 65.0 Å². The molecule has 10 atom stereocenters. The molecule has 31 heteroatoms. The monoisotopic (exact) mass is 1340 g/mol. The maximum absolute atomic E-state index is 15.6. The molecule has 0 bridgehead atoms. The summed E-state index contributed by atoms with van der Waals surface area (Å²) in [6.45, 7) is 6.71. The van der Waals surface area contributed by atoms with Crippen LogP contribution in [-0.2, 0) is 72.0 Å². The van der Waals surface area contributed by atoms with E-state index in [0.29, 0.717) is 17.5 Å². The Hall–Kier alpha value is -8.84. The van der Waals surface area contributed by atoms with Crippen molar-refractivity contribution in [2.45, 2.75) is 184 Å². The van der Waals surface area contributed by atoms with Gasteiger partial charge in [-0.3, -0.25) is 52.7 Å². The van der Waals surface area contributed by atoms with Crippen LogP contribution in [0.15, 0.2) is 54.6 Å². The number of benzene rings is 3. The first-order chi connectivity index (χ1) is 45.1. The summed E-state index contributed by atoms with van der Waals surface area (Å²) in [7, 11) is 0. The molecule has 26 nitrogen and oxygen atoms in total. The minimum Gasteiger partial charge on any atom is -0.508 e. The van der Waals surface area contributed by atoms with Gasteiger partial charge in [-0.05, 0) is 125 Å². The van der Waals surface area contributed by atoms with Crippen molar-refractivity contribution in [3.05, 3.63) is 100 Å². The standard InChI is InChI=1S/C64H89F5N14O12/c1-33(2)28-42-58(89)81-46(30-35-14-6-5-7-15-35)64(95)83-27-13-19-47(83)62(93)80-44(31-38-49(65)51(67)53(69)52(68)50(38)66)59(90)74-40(17-9-11-25-71)56(87)79-45(32-48(73)85)60(91)75-39(16-8-10-24-70)55(86)78-43(29-36-20-22-37(84)23-21-36)61(92)82-54(34(3)4)63(94)76-41(18-12-26-72)57(88)77-42/h5-7,14-15,20-23,33-34,39-47,54,84H,8-13,16-19,24-32,70-72H2,1-4H3,(H2,73,85)(H,74,90)(H,75,91)(H,76,94)(H,77,88)(H,78,86)(H,79,87)(H,80,93)(H,81,89)(H,82,92)/t39-,40+,41-,42-,43-,44-,45-,46+,47-,54-/m0/s1. The molecule has 2 aliphatic rings. The van der Waals surface area contributed by atoms with Crippen molar-refractivity contribution < 1.29 is 79.8 Å². The molecule has 11 amide bonds. The highest BCUT2D eigenvalue weighted by molar-refractivity contribution is 6.00. The van der Waals surface area contributed by atoms with Gasteiger partial charge in [-0.1, -0.05) is 70.2 Å². The van der Waals surface area contributed by atoms with Crippen molar-refractivity contribution in [3.63, 3.8) is 0 Å². The number of nitrogens with zero attached hydrogens (tertiary/aromatic N) is 1. The van der Waals surface area contributed by atoms with Crippen LogP contribution in [0.2, 0.25) is 0 Å². The molecule has 3 aromatic rings. The number of fused-ring (bicyclic) bond motifs is 1. The predicted molar refractivity (Wildman–Crippen MR) is 336 cm³/mol. The molecule has 0 unspecified atom stereocenters. The highest BCUT2D eigenvalue weighted by Gasteiger charge is 2.42. The molecule has 522 valence electrons. The fourth-order valence-electron chi connectivity index (χ4n) is 11.1. The molecule has 3 aromatic carbocycles. The second kappa shape index (κ2) is 37.3. The molecule has 2 heterocycles. The Balaban J connectivity index is 1.69. The van der Waals surface area contributed by atoms with Crippen molar-refractivity contribution in [2.24, 2.45) is 34.8 Å². The number of primary amides is 1. The van der Waals surface area contributed by atoms with Crippen LogP contribution in [-0.4, -0.2) is 162 Å². The highest BCUT2D eigenvalue weighted by Crippen LogP contribution is 2.26. The lowest BCUT2D eigenvalue weighted by Gasteiger charge is -2.32. The van der Waals surface area contributed by atoms with Gasteiger partial charge in [0, 0.05) is 31.4 Å². The Morgan fingerprint density at radius 1 is 0.484 bits per heavy atom. The Morgan fingerprint density at radius 2 is 0.895 bits per heavy atom. The van der Waals surface area contributed by atoms with Gasteiger partial charge in [0.15, 0.2) is 23.3 Å². The van der Waals surface area contributed by atoms with Crippen molar-refractivity contribution in [1.82, 2.24) is 52.8 Å². The lowest BCUT2D eigenvalue weighted by Crippen LogP contribution is -2.62. The smallest absolute Gasteiger partial charge is 0.246 e. The molecule has 18 N–H and O–H groups in total. The first-order valence-electron chi connectivity index (χ1n) is 31.8. The van der Waals surface area contributed by atoms with Gasteiger partial charge >= 0.3 is 0 Å². The molecule has 0 spiro atoms. The Bertz CT molecular complexity index is 3160.